The molecule has 0 saturated carbocycles. The number of rotatable bonds is 3. The standard InChI is InChI=1S/C19H18FN3O2/c1-11(24)23-9-12(10-23)17-8-16-14(5-6-21-19(16)22-17)15-7-13(20)3-4-18(15)25-2/h3-8,12H,9-10H2,1-2H3,(H,21,22). The monoisotopic (exact) mass is 339 g/mol. The molecule has 5 nitrogen and oxygen atoms in total. The molecule has 0 bridgehead atoms. The molecule has 0 spiro atoms. The average molecular weight is 339 g/mol. The van der Waals surface area contributed by atoms with Crippen LogP contribution in [0.15, 0.2) is 36.5 Å². The molecule has 0 radical (unpaired) electrons. The summed E-state index contributed by atoms with van der Waals surface area (Å²) >= 11 is 0. The summed E-state index contributed by atoms with van der Waals surface area (Å²) in [5, 5.41) is 0.919. The zero-order valence-electron chi connectivity index (χ0n) is 14.0. The van der Waals surface area contributed by atoms with Crippen molar-refractivity contribution >= 4 is 16.9 Å². The van der Waals surface area contributed by atoms with Crippen molar-refractivity contribution < 1.29 is 13.9 Å². The van der Waals surface area contributed by atoms with Gasteiger partial charge in [-0.1, -0.05) is 0 Å². The number of fused-ring (bicyclic) bond motifs is 1. The van der Waals surface area contributed by atoms with Crippen LogP contribution in [0.3, 0.4) is 0 Å². The molecule has 1 aliphatic heterocycles. The second-order valence-electron chi connectivity index (χ2n) is 6.31. The molecule has 0 atom stereocenters. The summed E-state index contributed by atoms with van der Waals surface area (Å²) in [6.45, 7) is 3.00. The highest BCUT2D eigenvalue weighted by molar-refractivity contribution is 5.95. The van der Waals surface area contributed by atoms with E-state index >= 15 is 0 Å². The Hall–Kier alpha value is -2.89. The SMILES string of the molecule is COc1ccc(F)cc1-c1ccnc2[nH]c(C3CN(C(C)=O)C3)cc12. The Morgan fingerprint density at radius 2 is 2.08 bits per heavy atom. The quantitative estimate of drug-likeness (QED) is 0.796. The van der Waals surface area contributed by atoms with E-state index < -0.39 is 0 Å². The molecule has 3 aromatic rings. The van der Waals surface area contributed by atoms with Crippen molar-refractivity contribution in [1.82, 2.24) is 14.9 Å². The van der Waals surface area contributed by atoms with Gasteiger partial charge in [-0.15, -0.1) is 0 Å². The lowest BCUT2D eigenvalue weighted by atomic mass is 9.95. The van der Waals surface area contributed by atoms with Gasteiger partial charge in [-0.3, -0.25) is 4.79 Å². The summed E-state index contributed by atoms with van der Waals surface area (Å²) in [5.41, 5.74) is 3.36. The van der Waals surface area contributed by atoms with Crippen molar-refractivity contribution in [2.24, 2.45) is 0 Å². The summed E-state index contributed by atoms with van der Waals surface area (Å²) in [6.07, 6.45) is 1.70. The lowest BCUT2D eigenvalue weighted by Crippen LogP contribution is -2.47. The predicted octanol–water partition coefficient (Wildman–Crippen LogP) is 3.32. The van der Waals surface area contributed by atoms with Gasteiger partial charge in [0.2, 0.25) is 5.91 Å². The molecule has 1 fully saturated rings. The van der Waals surface area contributed by atoms with E-state index in [9.17, 15) is 9.18 Å². The van der Waals surface area contributed by atoms with E-state index in [1.165, 1.54) is 12.1 Å². The van der Waals surface area contributed by atoms with E-state index in [-0.39, 0.29) is 17.6 Å². The van der Waals surface area contributed by atoms with Gasteiger partial charge in [0.15, 0.2) is 0 Å². The molecule has 1 amide bonds. The molecule has 6 heteroatoms. The number of amides is 1. The Morgan fingerprint density at radius 1 is 1.28 bits per heavy atom. The third kappa shape index (κ3) is 2.63. The summed E-state index contributed by atoms with van der Waals surface area (Å²) < 4.78 is 19.2. The first kappa shape index (κ1) is 15.6. The average Bonchev–Trinajstić information content (AvgIpc) is 2.96. The Balaban J connectivity index is 1.77. The van der Waals surface area contributed by atoms with E-state index in [1.54, 1.807) is 31.2 Å². The number of methoxy groups -OCH3 is 1. The summed E-state index contributed by atoms with van der Waals surface area (Å²) in [5.74, 6) is 0.673. The molecule has 1 N–H and O–H groups in total. The van der Waals surface area contributed by atoms with Gasteiger partial charge in [0.05, 0.1) is 7.11 Å². The molecular weight excluding hydrogens is 321 g/mol. The summed E-state index contributed by atoms with van der Waals surface area (Å²) in [6, 6.07) is 8.39. The van der Waals surface area contributed by atoms with Gasteiger partial charge >= 0.3 is 0 Å². The number of ether oxygens (including phenoxy) is 1. The van der Waals surface area contributed by atoms with Crippen LogP contribution in [-0.4, -0.2) is 41.0 Å². The number of nitrogens with one attached hydrogen (secondary N) is 1. The first-order chi connectivity index (χ1) is 12.1. The van der Waals surface area contributed by atoms with E-state index in [1.807, 2.05) is 12.1 Å². The fourth-order valence-corrected chi connectivity index (χ4v) is 3.33. The molecular formula is C19H18FN3O2. The van der Waals surface area contributed by atoms with Gasteiger partial charge < -0.3 is 14.6 Å². The van der Waals surface area contributed by atoms with E-state index in [4.69, 9.17) is 4.74 Å². The molecule has 2 aromatic heterocycles. The van der Waals surface area contributed by atoms with Gasteiger partial charge in [0.25, 0.3) is 0 Å². The molecule has 1 aromatic carbocycles. The van der Waals surface area contributed by atoms with E-state index in [0.29, 0.717) is 24.4 Å². The highest BCUT2D eigenvalue weighted by Gasteiger charge is 2.31. The molecule has 25 heavy (non-hydrogen) atoms. The fraction of sp³-hybridized carbons (Fsp3) is 0.263. The van der Waals surface area contributed by atoms with Crippen molar-refractivity contribution in [2.45, 2.75) is 12.8 Å². The fourth-order valence-electron chi connectivity index (χ4n) is 3.33. The molecule has 4 rings (SSSR count). The number of likely N-dealkylation sites (tertiary alicyclic amines) is 1. The number of hydrogen-bond donors (Lipinski definition) is 1. The minimum Gasteiger partial charge on any atom is -0.496 e. The number of H-pyrrole nitrogens is 1. The van der Waals surface area contributed by atoms with Gasteiger partial charge in [0.1, 0.15) is 17.2 Å². The number of hydrogen-bond acceptors (Lipinski definition) is 3. The second kappa shape index (κ2) is 5.88. The number of aromatic nitrogens is 2. The largest absolute Gasteiger partial charge is 0.496 e. The van der Waals surface area contributed by atoms with E-state index in [2.05, 4.69) is 9.97 Å². The van der Waals surface area contributed by atoms with Crippen LogP contribution in [0.1, 0.15) is 18.5 Å². The maximum absolute atomic E-state index is 13.8. The third-order valence-electron chi connectivity index (χ3n) is 4.77. The van der Waals surface area contributed by atoms with Crippen molar-refractivity contribution in [3.05, 3.63) is 48.0 Å². The predicted molar refractivity (Wildman–Crippen MR) is 93.0 cm³/mol. The zero-order valence-corrected chi connectivity index (χ0v) is 14.0. The maximum atomic E-state index is 13.8. The van der Waals surface area contributed by atoms with Crippen molar-refractivity contribution in [3.63, 3.8) is 0 Å². The number of pyridine rings is 1. The van der Waals surface area contributed by atoms with Crippen LogP contribution >= 0.6 is 0 Å². The normalized spacial score (nSPS) is 14.6. The van der Waals surface area contributed by atoms with Gasteiger partial charge in [-0.05, 0) is 35.9 Å². The minimum atomic E-state index is -0.312. The van der Waals surface area contributed by atoms with Crippen LogP contribution in [0.4, 0.5) is 4.39 Å². The van der Waals surface area contributed by atoms with Gasteiger partial charge in [-0.25, -0.2) is 9.37 Å². The van der Waals surface area contributed by atoms with Gasteiger partial charge in [0, 0.05) is 48.8 Å². The lowest BCUT2D eigenvalue weighted by molar-refractivity contribution is -0.133. The Morgan fingerprint density at radius 3 is 2.80 bits per heavy atom. The molecule has 1 saturated heterocycles. The Bertz CT molecular complexity index is 960. The first-order valence-electron chi connectivity index (χ1n) is 8.14. The number of carbonyl (C=O) groups is 1. The van der Waals surface area contributed by atoms with Crippen molar-refractivity contribution in [1.29, 1.82) is 0 Å². The molecule has 128 valence electrons. The van der Waals surface area contributed by atoms with Crippen LogP contribution < -0.4 is 4.74 Å². The number of nitrogens with zero attached hydrogens (tertiary/aromatic N) is 2. The Kier molecular flexibility index (Phi) is 3.67. The van der Waals surface area contributed by atoms with Crippen molar-refractivity contribution in [2.75, 3.05) is 20.2 Å². The number of carbonyl (C=O) groups excluding carboxylic acids is 1. The summed E-state index contributed by atoms with van der Waals surface area (Å²) in [4.78, 5) is 20.9. The molecule has 3 heterocycles. The zero-order chi connectivity index (χ0) is 17.6. The molecule has 1 aliphatic rings. The van der Waals surface area contributed by atoms with Crippen LogP contribution in [0.2, 0.25) is 0 Å². The smallest absolute Gasteiger partial charge is 0.219 e. The number of halogens is 1. The van der Waals surface area contributed by atoms with Crippen LogP contribution in [0.25, 0.3) is 22.2 Å². The number of benzene rings is 1. The third-order valence-corrected chi connectivity index (χ3v) is 4.77. The van der Waals surface area contributed by atoms with E-state index in [0.717, 1.165) is 22.3 Å². The second-order valence-corrected chi connectivity index (χ2v) is 6.31. The topological polar surface area (TPSA) is 58.2 Å². The van der Waals surface area contributed by atoms with Crippen molar-refractivity contribution in [3.8, 4) is 16.9 Å². The van der Waals surface area contributed by atoms with Crippen LogP contribution in [0.5, 0.6) is 5.75 Å². The van der Waals surface area contributed by atoms with Crippen LogP contribution in [0, 0.1) is 5.82 Å². The Labute approximate surface area is 144 Å². The van der Waals surface area contributed by atoms with Gasteiger partial charge in [-0.2, -0.15) is 0 Å². The van der Waals surface area contributed by atoms with Crippen LogP contribution in [-0.2, 0) is 4.79 Å². The highest BCUT2D eigenvalue weighted by atomic mass is 19.1. The first-order valence-corrected chi connectivity index (χ1v) is 8.14. The maximum Gasteiger partial charge on any atom is 0.219 e. The highest BCUT2D eigenvalue weighted by Crippen LogP contribution is 2.37. The molecule has 0 aliphatic carbocycles. The molecule has 0 unspecified atom stereocenters. The number of aromatic amines is 1. The minimum absolute atomic E-state index is 0.0932. The summed E-state index contributed by atoms with van der Waals surface area (Å²) in [7, 11) is 1.57. The lowest BCUT2D eigenvalue weighted by Gasteiger charge is -2.38.